The number of rotatable bonds is 5. The second kappa shape index (κ2) is 7.64. The lowest BCUT2D eigenvalue weighted by Crippen LogP contribution is -2.30. The molecule has 0 aliphatic carbocycles. The number of hydrogen-bond donors (Lipinski definition) is 2. The van der Waals surface area contributed by atoms with Crippen LogP contribution < -0.4 is 15.4 Å². The molecule has 0 saturated carbocycles. The summed E-state index contributed by atoms with van der Waals surface area (Å²) >= 11 is 0. The van der Waals surface area contributed by atoms with Crippen LogP contribution in [0.1, 0.15) is 25.0 Å². The molecule has 1 atom stereocenters. The third-order valence-corrected chi connectivity index (χ3v) is 3.49. The van der Waals surface area contributed by atoms with E-state index in [1.54, 1.807) is 31.2 Å². The minimum atomic E-state index is -0.625. The summed E-state index contributed by atoms with van der Waals surface area (Å²) < 4.78 is 5.77. The van der Waals surface area contributed by atoms with Crippen molar-refractivity contribution in [1.29, 1.82) is 0 Å². The Morgan fingerprint density at radius 2 is 1.54 bits per heavy atom. The van der Waals surface area contributed by atoms with Crippen LogP contribution in [0.5, 0.6) is 5.75 Å². The van der Waals surface area contributed by atoms with E-state index in [0.29, 0.717) is 17.1 Å². The highest BCUT2D eigenvalue weighted by atomic mass is 16.5. The highest BCUT2D eigenvalue weighted by Gasteiger charge is 2.16. The lowest BCUT2D eigenvalue weighted by atomic mass is 10.1. The Kier molecular flexibility index (Phi) is 5.58. The lowest BCUT2D eigenvalue weighted by molar-refractivity contribution is -0.122. The van der Waals surface area contributed by atoms with Gasteiger partial charge in [0.1, 0.15) is 5.75 Å². The Morgan fingerprint density at radius 1 is 0.958 bits per heavy atom. The van der Waals surface area contributed by atoms with Crippen LogP contribution in [0.2, 0.25) is 0 Å². The van der Waals surface area contributed by atoms with Gasteiger partial charge in [-0.05, 0) is 62.2 Å². The number of benzene rings is 2. The standard InChI is InChI=1S/C19H22N2O3/c1-12-5-6-13(2)18(11-12)24-14(3)19(23)21-17-9-7-16(8-10-17)20-15(4)22/h5-11,14H,1-4H3,(H,20,22)(H,21,23). The number of anilines is 2. The number of aryl methyl sites for hydroxylation is 2. The largest absolute Gasteiger partial charge is 0.481 e. The van der Waals surface area contributed by atoms with Crippen LogP contribution in [0.15, 0.2) is 42.5 Å². The fourth-order valence-electron chi connectivity index (χ4n) is 2.16. The van der Waals surface area contributed by atoms with Gasteiger partial charge in [-0.25, -0.2) is 0 Å². The van der Waals surface area contributed by atoms with Crippen LogP contribution in [-0.4, -0.2) is 17.9 Å². The van der Waals surface area contributed by atoms with Crippen molar-refractivity contribution in [2.24, 2.45) is 0 Å². The molecule has 126 valence electrons. The summed E-state index contributed by atoms with van der Waals surface area (Å²) in [5.74, 6) is 0.337. The third kappa shape index (κ3) is 4.84. The van der Waals surface area contributed by atoms with Gasteiger partial charge >= 0.3 is 0 Å². The summed E-state index contributed by atoms with van der Waals surface area (Å²) in [6, 6.07) is 12.8. The summed E-state index contributed by atoms with van der Waals surface area (Å²) in [6.45, 7) is 7.08. The maximum absolute atomic E-state index is 12.3. The van der Waals surface area contributed by atoms with E-state index < -0.39 is 6.10 Å². The first-order chi connectivity index (χ1) is 11.3. The average Bonchev–Trinajstić information content (AvgIpc) is 2.52. The molecular weight excluding hydrogens is 304 g/mol. The van der Waals surface area contributed by atoms with E-state index in [4.69, 9.17) is 4.74 Å². The normalized spacial score (nSPS) is 11.5. The van der Waals surface area contributed by atoms with Crippen LogP contribution in [0.3, 0.4) is 0 Å². The summed E-state index contributed by atoms with van der Waals surface area (Å²) in [6.07, 6.45) is -0.625. The Morgan fingerprint density at radius 3 is 2.12 bits per heavy atom. The van der Waals surface area contributed by atoms with Gasteiger partial charge in [0.05, 0.1) is 0 Å². The molecule has 5 heteroatoms. The van der Waals surface area contributed by atoms with Gasteiger partial charge in [-0.2, -0.15) is 0 Å². The zero-order valence-electron chi connectivity index (χ0n) is 14.3. The number of nitrogens with one attached hydrogen (secondary N) is 2. The number of carbonyl (C=O) groups excluding carboxylic acids is 2. The first-order valence-corrected chi connectivity index (χ1v) is 7.77. The average molecular weight is 326 g/mol. The molecule has 0 spiro atoms. The maximum atomic E-state index is 12.3. The monoisotopic (exact) mass is 326 g/mol. The van der Waals surface area contributed by atoms with Crippen molar-refractivity contribution in [1.82, 2.24) is 0 Å². The molecule has 0 radical (unpaired) electrons. The second-order valence-electron chi connectivity index (χ2n) is 5.78. The Bertz CT molecular complexity index is 739. The summed E-state index contributed by atoms with van der Waals surface area (Å²) in [7, 11) is 0. The van der Waals surface area contributed by atoms with Crippen molar-refractivity contribution in [3.05, 3.63) is 53.6 Å². The second-order valence-corrected chi connectivity index (χ2v) is 5.78. The van der Waals surface area contributed by atoms with Crippen molar-refractivity contribution < 1.29 is 14.3 Å². The van der Waals surface area contributed by atoms with Crippen molar-refractivity contribution in [2.75, 3.05) is 10.6 Å². The van der Waals surface area contributed by atoms with Gasteiger partial charge in [-0.15, -0.1) is 0 Å². The fourth-order valence-corrected chi connectivity index (χ4v) is 2.16. The molecule has 0 aliphatic rings. The molecule has 5 nitrogen and oxygen atoms in total. The van der Waals surface area contributed by atoms with E-state index in [0.717, 1.165) is 11.1 Å². The molecule has 0 aliphatic heterocycles. The molecule has 2 aromatic rings. The SMILES string of the molecule is CC(=O)Nc1ccc(NC(=O)C(C)Oc2cc(C)ccc2C)cc1. The summed E-state index contributed by atoms with van der Waals surface area (Å²) in [5.41, 5.74) is 3.39. The summed E-state index contributed by atoms with van der Waals surface area (Å²) in [5, 5.41) is 5.48. The van der Waals surface area contributed by atoms with Crippen LogP contribution in [0, 0.1) is 13.8 Å². The number of ether oxygens (including phenoxy) is 1. The molecule has 2 aromatic carbocycles. The minimum Gasteiger partial charge on any atom is -0.481 e. The molecule has 2 rings (SSSR count). The number of amides is 2. The summed E-state index contributed by atoms with van der Waals surface area (Å²) in [4.78, 5) is 23.3. The van der Waals surface area contributed by atoms with Crippen LogP contribution in [0.4, 0.5) is 11.4 Å². The smallest absolute Gasteiger partial charge is 0.265 e. The van der Waals surface area contributed by atoms with Crippen LogP contribution in [-0.2, 0) is 9.59 Å². The quantitative estimate of drug-likeness (QED) is 0.881. The topological polar surface area (TPSA) is 67.4 Å². The Hall–Kier alpha value is -2.82. The van der Waals surface area contributed by atoms with Crippen molar-refractivity contribution in [3.63, 3.8) is 0 Å². The van der Waals surface area contributed by atoms with E-state index in [2.05, 4.69) is 10.6 Å². The van der Waals surface area contributed by atoms with E-state index in [1.807, 2.05) is 32.0 Å². The van der Waals surface area contributed by atoms with E-state index >= 15 is 0 Å². The Labute approximate surface area is 142 Å². The molecule has 0 fully saturated rings. The molecule has 2 amide bonds. The van der Waals surface area contributed by atoms with E-state index in [1.165, 1.54) is 6.92 Å². The lowest BCUT2D eigenvalue weighted by Gasteiger charge is -2.17. The molecule has 0 saturated heterocycles. The first-order valence-electron chi connectivity index (χ1n) is 7.77. The van der Waals surface area contributed by atoms with Gasteiger partial charge in [0.2, 0.25) is 5.91 Å². The first kappa shape index (κ1) is 17.5. The maximum Gasteiger partial charge on any atom is 0.265 e. The van der Waals surface area contributed by atoms with Gasteiger partial charge in [-0.1, -0.05) is 12.1 Å². The van der Waals surface area contributed by atoms with Gasteiger partial charge in [-0.3, -0.25) is 9.59 Å². The Balaban J connectivity index is 1.98. The zero-order valence-corrected chi connectivity index (χ0v) is 14.3. The predicted octanol–water partition coefficient (Wildman–Crippen LogP) is 3.67. The zero-order chi connectivity index (χ0) is 17.7. The minimum absolute atomic E-state index is 0.137. The van der Waals surface area contributed by atoms with Crippen molar-refractivity contribution in [2.45, 2.75) is 33.8 Å². The molecular formula is C19H22N2O3. The molecule has 1 unspecified atom stereocenters. The number of carbonyl (C=O) groups is 2. The van der Waals surface area contributed by atoms with Crippen molar-refractivity contribution >= 4 is 23.2 Å². The highest BCUT2D eigenvalue weighted by Crippen LogP contribution is 2.21. The molecule has 0 heterocycles. The predicted molar refractivity (Wildman–Crippen MR) is 95.4 cm³/mol. The van der Waals surface area contributed by atoms with E-state index in [9.17, 15) is 9.59 Å². The van der Waals surface area contributed by atoms with Gasteiger partial charge < -0.3 is 15.4 Å². The third-order valence-electron chi connectivity index (χ3n) is 3.49. The van der Waals surface area contributed by atoms with Crippen LogP contribution >= 0.6 is 0 Å². The highest BCUT2D eigenvalue weighted by molar-refractivity contribution is 5.94. The van der Waals surface area contributed by atoms with Gasteiger partial charge in [0, 0.05) is 18.3 Å². The number of hydrogen-bond acceptors (Lipinski definition) is 3. The van der Waals surface area contributed by atoms with Gasteiger partial charge in [0.15, 0.2) is 6.10 Å². The molecule has 0 bridgehead atoms. The fraction of sp³-hybridized carbons (Fsp3) is 0.263. The van der Waals surface area contributed by atoms with Gasteiger partial charge in [0.25, 0.3) is 5.91 Å². The van der Waals surface area contributed by atoms with E-state index in [-0.39, 0.29) is 11.8 Å². The van der Waals surface area contributed by atoms with Crippen molar-refractivity contribution in [3.8, 4) is 5.75 Å². The van der Waals surface area contributed by atoms with Crippen LogP contribution in [0.25, 0.3) is 0 Å². The molecule has 0 aromatic heterocycles. The molecule has 2 N–H and O–H groups in total. The molecule has 24 heavy (non-hydrogen) atoms.